The largest absolute Gasteiger partial charge is 0.284 e. The minimum absolute atomic E-state index is 0.230. The van der Waals surface area contributed by atoms with Gasteiger partial charge in [-0.05, 0) is 31.4 Å². The van der Waals surface area contributed by atoms with Gasteiger partial charge in [0.2, 0.25) is 5.16 Å². The highest BCUT2D eigenvalue weighted by Crippen LogP contribution is 2.19. The molecule has 4 aromatic rings. The molecule has 25 heavy (non-hydrogen) atoms. The average molecular weight is 359 g/mol. The predicted molar refractivity (Wildman–Crippen MR) is 90.3 cm³/mol. The summed E-state index contributed by atoms with van der Waals surface area (Å²) in [5, 5.41) is 5.21. The van der Waals surface area contributed by atoms with Crippen LogP contribution in [0.3, 0.4) is 0 Å². The third-order valence-corrected chi connectivity index (χ3v) is 4.40. The molecule has 0 amide bonds. The summed E-state index contributed by atoms with van der Waals surface area (Å²) in [5.74, 6) is -1.58. The summed E-state index contributed by atoms with van der Waals surface area (Å²) < 4.78 is 29.4. The first-order valence-electron chi connectivity index (χ1n) is 7.28. The highest BCUT2D eigenvalue weighted by Gasteiger charge is 2.15. The van der Waals surface area contributed by atoms with Crippen molar-refractivity contribution < 1.29 is 8.78 Å². The number of aryl methyl sites for hydroxylation is 1. The molecule has 0 unspecified atom stereocenters. The molecule has 0 bridgehead atoms. The van der Waals surface area contributed by atoms with Crippen molar-refractivity contribution in [3.05, 3.63) is 58.1 Å². The molecule has 3 heterocycles. The van der Waals surface area contributed by atoms with E-state index in [-0.39, 0.29) is 5.69 Å². The van der Waals surface area contributed by atoms with Gasteiger partial charge in [0.1, 0.15) is 0 Å². The molecule has 0 radical (unpaired) electrons. The Kier molecular flexibility index (Phi) is 3.53. The second-order valence-electron chi connectivity index (χ2n) is 5.36. The highest BCUT2D eigenvalue weighted by molar-refractivity contribution is 7.98. The predicted octanol–water partition coefficient (Wildman–Crippen LogP) is 2.74. The molecular formula is C16H11F2N5OS. The van der Waals surface area contributed by atoms with Gasteiger partial charge < -0.3 is 0 Å². The summed E-state index contributed by atoms with van der Waals surface area (Å²) >= 11 is 1.37. The molecule has 0 aliphatic heterocycles. The van der Waals surface area contributed by atoms with Crippen molar-refractivity contribution >= 4 is 28.4 Å². The molecule has 0 aliphatic rings. The Morgan fingerprint density at radius 2 is 1.92 bits per heavy atom. The van der Waals surface area contributed by atoms with Gasteiger partial charge in [0.25, 0.3) is 11.3 Å². The third kappa shape index (κ3) is 2.39. The van der Waals surface area contributed by atoms with Crippen molar-refractivity contribution in [2.75, 3.05) is 6.26 Å². The van der Waals surface area contributed by atoms with E-state index in [1.807, 2.05) is 6.26 Å². The lowest BCUT2D eigenvalue weighted by molar-refractivity contribution is 0.508. The van der Waals surface area contributed by atoms with Gasteiger partial charge in [-0.15, -0.1) is 5.10 Å². The number of pyridine rings is 1. The molecule has 0 spiro atoms. The van der Waals surface area contributed by atoms with Crippen LogP contribution in [0.4, 0.5) is 8.78 Å². The fourth-order valence-electron chi connectivity index (χ4n) is 2.69. The van der Waals surface area contributed by atoms with E-state index in [0.717, 1.165) is 12.1 Å². The molecule has 0 saturated heterocycles. The average Bonchev–Trinajstić information content (AvgIpc) is 3.00. The molecule has 0 fully saturated rings. The van der Waals surface area contributed by atoms with Gasteiger partial charge in [0.05, 0.1) is 22.3 Å². The number of hydrogen-bond acceptors (Lipinski definition) is 5. The first kappa shape index (κ1) is 15.7. The van der Waals surface area contributed by atoms with Crippen LogP contribution in [0.5, 0.6) is 0 Å². The van der Waals surface area contributed by atoms with Crippen LogP contribution in [0.15, 0.2) is 40.4 Å². The van der Waals surface area contributed by atoms with Crippen molar-refractivity contribution in [1.29, 1.82) is 0 Å². The molecule has 9 heteroatoms. The van der Waals surface area contributed by atoms with E-state index in [1.54, 1.807) is 13.0 Å². The quantitative estimate of drug-likeness (QED) is 0.515. The SMILES string of the molecule is CSc1nc2nc(C)c3c(=O)n(-c4ccc(F)c(F)c4)ccc3n2n1. The van der Waals surface area contributed by atoms with E-state index in [2.05, 4.69) is 15.1 Å². The summed E-state index contributed by atoms with van der Waals surface area (Å²) in [6.07, 6.45) is 3.34. The van der Waals surface area contributed by atoms with E-state index in [4.69, 9.17) is 0 Å². The zero-order chi connectivity index (χ0) is 17.7. The molecule has 0 saturated carbocycles. The van der Waals surface area contributed by atoms with Crippen LogP contribution in [-0.2, 0) is 0 Å². The molecular weight excluding hydrogens is 348 g/mol. The van der Waals surface area contributed by atoms with Gasteiger partial charge in [0.15, 0.2) is 11.6 Å². The number of fused-ring (bicyclic) bond motifs is 3. The van der Waals surface area contributed by atoms with E-state index >= 15 is 0 Å². The molecule has 4 rings (SSSR count). The maximum Gasteiger partial charge on any atom is 0.266 e. The number of thioether (sulfide) groups is 1. The molecule has 126 valence electrons. The lowest BCUT2D eigenvalue weighted by Gasteiger charge is -2.09. The van der Waals surface area contributed by atoms with Crippen LogP contribution in [0, 0.1) is 18.6 Å². The van der Waals surface area contributed by atoms with Crippen molar-refractivity contribution in [3.63, 3.8) is 0 Å². The summed E-state index contributed by atoms with van der Waals surface area (Å²) in [5.41, 5.74) is 0.883. The number of nitrogens with zero attached hydrogens (tertiary/aromatic N) is 5. The van der Waals surface area contributed by atoms with Crippen LogP contribution in [0.2, 0.25) is 0 Å². The number of rotatable bonds is 2. The maximum atomic E-state index is 13.5. The molecule has 0 atom stereocenters. The van der Waals surface area contributed by atoms with Gasteiger partial charge in [-0.1, -0.05) is 11.8 Å². The van der Waals surface area contributed by atoms with Crippen molar-refractivity contribution in [3.8, 4) is 5.69 Å². The Morgan fingerprint density at radius 3 is 2.64 bits per heavy atom. The summed E-state index contributed by atoms with van der Waals surface area (Å²) in [6, 6.07) is 4.98. The number of aromatic nitrogens is 5. The van der Waals surface area contributed by atoms with Crippen molar-refractivity contribution in [2.24, 2.45) is 0 Å². The van der Waals surface area contributed by atoms with Crippen molar-refractivity contribution in [1.82, 2.24) is 24.1 Å². The van der Waals surface area contributed by atoms with Crippen LogP contribution in [0.25, 0.3) is 22.4 Å². The van der Waals surface area contributed by atoms with Gasteiger partial charge in [0, 0.05) is 12.3 Å². The Bertz CT molecular complexity index is 1200. The second-order valence-corrected chi connectivity index (χ2v) is 6.13. The fourth-order valence-corrected chi connectivity index (χ4v) is 3.03. The number of halogens is 2. The monoisotopic (exact) mass is 359 g/mol. The van der Waals surface area contributed by atoms with E-state index in [1.165, 1.54) is 33.1 Å². The smallest absolute Gasteiger partial charge is 0.266 e. The zero-order valence-electron chi connectivity index (χ0n) is 13.2. The third-order valence-electron chi connectivity index (χ3n) is 3.86. The van der Waals surface area contributed by atoms with Crippen molar-refractivity contribution in [2.45, 2.75) is 12.1 Å². The van der Waals surface area contributed by atoms with Crippen LogP contribution in [-0.4, -0.2) is 30.4 Å². The Hall–Kier alpha value is -2.81. The van der Waals surface area contributed by atoms with Crippen LogP contribution in [0.1, 0.15) is 5.69 Å². The molecule has 0 aliphatic carbocycles. The first-order chi connectivity index (χ1) is 12.0. The van der Waals surface area contributed by atoms with E-state index < -0.39 is 17.2 Å². The standard InChI is InChI=1S/C16H11F2N5OS/c1-8-13-12(23-15(19-8)20-16(21-23)25-2)5-6-22(14(13)24)9-3-4-10(17)11(18)7-9/h3-7H,1-2H3. The minimum atomic E-state index is -1.02. The zero-order valence-corrected chi connectivity index (χ0v) is 14.0. The Balaban J connectivity index is 2.05. The summed E-state index contributed by atoms with van der Waals surface area (Å²) in [6.45, 7) is 1.70. The van der Waals surface area contributed by atoms with Gasteiger partial charge in [-0.2, -0.15) is 9.50 Å². The van der Waals surface area contributed by atoms with E-state index in [0.29, 0.717) is 27.5 Å². The van der Waals surface area contributed by atoms with Gasteiger partial charge >= 0.3 is 0 Å². The summed E-state index contributed by atoms with van der Waals surface area (Å²) in [4.78, 5) is 21.5. The van der Waals surface area contributed by atoms with Gasteiger partial charge in [-0.3, -0.25) is 9.36 Å². The first-order valence-corrected chi connectivity index (χ1v) is 8.50. The van der Waals surface area contributed by atoms with Crippen LogP contribution < -0.4 is 5.56 Å². The molecule has 3 aromatic heterocycles. The minimum Gasteiger partial charge on any atom is -0.284 e. The van der Waals surface area contributed by atoms with E-state index in [9.17, 15) is 13.6 Å². The maximum absolute atomic E-state index is 13.5. The summed E-state index contributed by atoms with van der Waals surface area (Å²) in [7, 11) is 0. The highest BCUT2D eigenvalue weighted by atomic mass is 32.2. The molecule has 6 nitrogen and oxygen atoms in total. The Morgan fingerprint density at radius 1 is 1.12 bits per heavy atom. The van der Waals surface area contributed by atoms with Gasteiger partial charge in [-0.25, -0.2) is 13.8 Å². The number of benzene rings is 1. The normalized spacial score (nSPS) is 11.5. The lowest BCUT2D eigenvalue weighted by atomic mass is 10.2. The number of hydrogen-bond donors (Lipinski definition) is 0. The molecule has 1 aromatic carbocycles. The molecule has 0 N–H and O–H groups in total. The second kappa shape index (κ2) is 5.62. The fraction of sp³-hybridized carbons (Fsp3) is 0.125. The van der Waals surface area contributed by atoms with Crippen LogP contribution >= 0.6 is 11.8 Å². The Labute approximate surface area is 144 Å². The lowest BCUT2D eigenvalue weighted by Crippen LogP contribution is -2.20. The topological polar surface area (TPSA) is 65.1 Å².